The van der Waals surface area contributed by atoms with Crippen molar-refractivity contribution in [3.8, 4) is 5.75 Å². The molecule has 0 radical (unpaired) electrons. The number of halogens is 1. The van der Waals surface area contributed by atoms with Crippen LogP contribution in [-0.2, 0) is 4.79 Å². The minimum atomic E-state index is -0.264. The van der Waals surface area contributed by atoms with E-state index in [0.717, 1.165) is 24.1 Å². The average Bonchev–Trinajstić information content (AvgIpc) is 2.68. The number of rotatable bonds is 4. The molecule has 2 aromatic rings. The van der Waals surface area contributed by atoms with Gasteiger partial charge in [-0.05, 0) is 55.7 Å². The number of urea groups is 1. The molecule has 0 bridgehead atoms. The lowest BCUT2D eigenvalue weighted by molar-refractivity contribution is -0.121. The Labute approximate surface area is 177 Å². The van der Waals surface area contributed by atoms with Gasteiger partial charge in [0.1, 0.15) is 5.75 Å². The monoisotopic (exact) mass is 418 g/mol. The van der Waals surface area contributed by atoms with Gasteiger partial charge in [0, 0.05) is 24.5 Å². The molecule has 7 nitrogen and oxygen atoms in total. The number of hydrogen-bond acceptors (Lipinski definition) is 4. The van der Waals surface area contributed by atoms with E-state index in [2.05, 4.69) is 10.6 Å². The van der Waals surface area contributed by atoms with Crippen LogP contribution in [0, 0.1) is 12.8 Å². The number of benzene rings is 2. The molecular formula is C21H27ClN4O3. The van der Waals surface area contributed by atoms with Crippen LogP contribution >= 0.6 is 12.4 Å². The molecule has 1 heterocycles. The predicted molar refractivity (Wildman–Crippen MR) is 118 cm³/mol. The Morgan fingerprint density at radius 3 is 2.59 bits per heavy atom. The number of amides is 3. The maximum Gasteiger partial charge on any atom is 0.321 e. The number of nitrogens with zero attached hydrogens (tertiary/aromatic N) is 1. The Kier molecular flexibility index (Phi) is 7.73. The molecule has 4 N–H and O–H groups in total. The summed E-state index contributed by atoms with van der Waals surface area (Å²) >= 11 is 0. The molecule has 3 amide bonds. The Hall–Kier alpha value is -2.93. The molecule has 0 aliphatic carbocycles. The van der Waals surface area contributed by atoms with Gasteiger partial charge in [-0.15, -0.1) is 12.4 Å². The number of carbonyl (C=O) groups excluding carboxylic acids is 2. The first-order valence-corrected chi connectivity index (χ1v) is 9.33. The van der Waals surface area contributed by atoms with Crippen molar-refractivity contribution >= 4 is 41.4 Å². The average molecular weight is 419 g/mol. The van der Waals surface area contributed by atoms with Gasteiger partial charge in [-0.3, -0.25) is 4.79 Å². The highest BCUT2D eigenvalue weighted by molar-refractivity contribution is 5.94. The minimum Gasteiger partial charge on any atom is -0.495 e. The quantitative estimate of drug-likeness (QED) is 0.656. The second kappa shape index (κ2) is 10.0. The molecule has 0 saturated carbocycles. The summed E-state index contributed by atoms with van der Waals surface area (Å²) in [6, 6.07) is 12.6. The third kappa shape index (κ3) is 5.77. The molecule has 29 heavy (non-hydrogen) atoms. The summed E-state index contributed by atoms with van der Waals surface area (Å²) in [5.74, 6) is 0.188. The fraction of sp³-hybridized carbons (Fsp3) is 0.333. The van der Waals surface area contributed by atoms with E-state index < -0.39 is 0 Å². The maximum absolute atomic E-state index is 12.7. The lowest BCUT2D eigenvalue weighted by Crippen LogP contribution is -2.45. The van der Waals surface area contributed by atoms with Gasteiger partial charge in [-0.25, -0.2) is 4.79 Å². The number of ether oxygens (including phenoxy) is 1. The van der Waals surface area contributed by atoms with E-state index in [1.165, 1.54) is 0 Å². The Balaban J connectivity index is 0.00000300. The van der Waals surface area contributed by atoms with E-state index in [9.17, 15) is 9.59 Å². The molecule has 1 aliphatic heterocycles. The fourth-order valence-electron chi connectivity index (χ4n) is 3.36. The number of methoxy groups -OCH3 is 1. The zero-order valence-corrected chi connectivity index (χ0v) is 17.4. The van der Waals surface area contributed by atoms with Gasteiger partial charge in [-0.1, -0.05) is 12.1 Å². The predicted octanol–water partition coefficient (Wildman–Crippen LogP) is 3.89. The zero-order valence-electron chi connectivity index (χ0n) is 16.6. The van der Waals surface area contributed by atoms with Crippen molar-refractivity contribution < 1.29 is 14.3 Å². The van der Waals surface area contributed by atoms with E-state index in [1.807, 2.05) is 31.2 Å². The van der Waals surface area contributed by atoms with Crippen LogP contribution in [0.4, 0.5) is 21.9 Å². The SMILES string of the molecule is COc1ccc(NC(=O)C2CCCN(C(=O)Nc3cccc(C)c3)C2)cc1N.Cl. The summed E-state index contributed by atoms with van der Waals surface area (Å²) in [7, 11) is 1.54. The molecule has 3 rings (SSSR count). The first-order chi connectivity index (χ1) is 13.5. The van der Waals surface area contributed by atoms with Gasteiger partial charge < -0.3 is 26.0 Å². The van der Waals surface area contributed by atoms with Crippen LogP contribution in [0.1, 0.15) is 18.4 Å². The highest BCUT2D eigenvalue weighted by Crippen LogP contribution is 2.26. The molecule has 1 aliphatic rings. The summed E-state index contributed by atoms with van der Waals surface area (Å²) < 4.78 is 5.13. The van der Waals surface area contributed by atoms with Crippen LogP contribution in [-0.4, -0.2) is 37.0 Å². The molecular weight excluding hydrogens is 392 g/mol. The molecule has 1 saturated heterocycles. The third-order valence-corrected chi connectivity index (χ3v) is 4.85. The largest absolute Gasteiger partial charge is 0.495 e. The van der Waals surface area contributed by atoms with E-state index in [0.29, 0.717) is 30.2 Å². The number of nitrogen functional groups attached to an aromatic ring is 1. The number of aryl methyl sites for hydroxylation is 1. The number of nitrogens with two attached hydrogens (primary N) is 1. The first kappa shape index (κ1) is 22.4. The normalized spacial score (nSPS) is 15.8. The van der Waals surface area contributed by atoms with Crippen LogP contribution < -0.4 is 21.1 Å². The molecule has 156 valence electrons. The highest BCUT2D eigenvalue weighted by Gasteiger charge is 2.28. The second-order valence-corrected chi connectivity index (χ2v) is 7.03. The Morgan fingerprint density at radius 2 is 1.90 bits per heavy atom. The van der Waals surface area contributed by atoms with Crippen molar-refractivity contribution in [3.63, 3.8) is 0 Å². The van der Waals surface area contributed by atoms with E-state index >= 15 is 0 Å². The Morgan fingerprint density at radius 1 is 1.14 bits per heavy atom. The first-order valence-electron chi connectivity index (χ1n) is 9.33. The van der Waals surface area contributed by atoms with Gasteiger partial charge in [0.25, 0.3) is 0 Å². The second-order valence-electron chi connectivity index (χ2n) is 7.03. The third-order valence-electron chi connectivity index (χ3n) is 4.85. The summed E-state index contributed by atoms with van der Waals surface area (Å²) in [6.45, 7) is 2.99. The fourth-order valence-corrected chi connectivity index (χ4v) is 3.36. The van der Waals surface area contributed by atoms with Crippen LogP contribution in [0.25, 0.3) is 0 Å². The van der Waals surface area contributed by atoms with Crippen molar-refractivity contribution in [2.45, 2.75) is 19.8 Å². The van der Waals surface area contributed by atoms with Crippen LogP contribution in [0.15, 0.2) is 42.5 Å². The van der Waals surface area contributed by atoms with Gasteiger partial charge in [0.15, 0.2) is 0 Å². The maximum atomic E-state index is 12.7. The number of nitrogens with one attached hydrogen (secondary N) is 2. The number of piperidine rings is 1. The number of carbonyl (C=O) groups is 2. The van der Waals surface area contributed by atoms with Crippen LogP contribution in [0.3, 0.4) is 0 Å². The molecule has 1 atom stereocenters. The van der Waals surface area contributed by atoms with Crippen LogP contribution in [0.2, 0.25) is 0 Å². The topological polar surface area (TPSA) is 96.7 Å². The Bertz CT molecular complexity index is 875. The van der Waals surface area contributed by atoms with Crippen molar-refractivity contribution in [1.82, 2.24) is 4.90 Å². The lowest BCUT2D eigenvalue weighted by atomic mass is 9.97. The van der Waals surface area contributed by atoms with Crippen molar-refractivity contribution in [1.29, 1.82) is 0 Å². The van der Waals surface area contributed by atoms with Gasteiger partial charge in [0.2, 0.25) is 5.91 Å². The van der Waals surface area contributed by atoms with Crippen molar-refractivity contribution in [2.75, 3.05) is 36.6 Å². The molecule has 0 aromatic heterocycles. The molecule has 8 heteroatoms. The van der Waals surface area contributed by atoms with E-state index in [1.54, 1.807) is 30.2 Å². The summed E-state index contributed by atoms with van der Waals surface area (Å²) in [5, 5.41) is 5.79. The summed E-state index contributed by atoms with van der Waals surface area (Å²) in [5.41, 5.74) is 8.80. The van der Waals surface area contributed by atoms with Gasteiger partial charge in [-0.2, -0.15) is 0 Å². The molecule has 1 unspecified atom stereocenters. The highest BCUT2D eigenvalue weighted by atomic mass is 35.5. The number of hydrogen-bond donors (Lipinski definition) is 3. The van der Waals surface area contributed by atoms with Gasteiger partial charge >= 0.3 is 6.03 Å². The zero-order chi connectivity index (χ0) is 20.1. The van der Waals surface area contributed by atoms with E-state index in [-0.39, 0.29) is 30.3 Å². The number of anilines is 3. The molecule has 1 fully saturated rings. The van der Waals surface area contributed by atoms with Gasteiger partial charge in [0.05, 0.1) is 18.7 Å². The van der Waals surface area contributed by atoms with Crippen LogP contribution in [0.5, 0.6) is 5.75 Å². The summed E-state index contributed by atoms with van der Waals surface area (Å²) in [6.07, 6.45) is 1.52. The lowest BCUT2D eigenvalue weighted by Gasteiger charge is -2.32. The smallest absolute Gasteiger partial charge is 0.321 e. The molecule has 0 spiro atoms. The number of likely N-dealkylation sites (tertiary alicyclic amines) is 1. The molecule has 2 aromatic carbocycles. The minimum absolute atomic E-state index is 0. The van der Waals surface area contributed by atoms with Crippen molar-refractivity contribution in [3.05, 3.63) is 48.0 Å². The summed E-state index contributed by atoms with van der Waals surface area (Å²) in [4.78, 5) is 26.9. The van der Waals surface area contributed by atoms with Crippen molar-refractivity contribution in [2.24, 2.45) is 5.92 Å². The van der Waals surface area contributed by atoms with E-state index in [4.69, 9.17) is 10.5 Å². The standard InChI is InChI=1S/C21H26N4O3.ClH/c1-14-5-3-7-16(11-14)24-21(27)25-10-4-6-15(13-25)20(26)23-17-8-9-19(28-2)18(22)12-17;/h3,5,7-9,11-12,15H,4,6,10,13,22H2,1-2H3,(H,23,26)(H,24,27);1H.